The third-order valence-corrected chi connectivity index (χ3v) is 8.38. The van der Waals surface area contributed by atoms with Crippen molar-refractivity contribution in [2.45, 2.75) is 58.8 Å². The lowest BCUT2D eigenvalue weighted by molar-refractivity contribution is -0.118. The monoisotopic (exact) mass is 671 g/mol. The molecule has 1 saturated carbocycles. The summed E-state index contributed by atoms with van der Waals surface area (Å²) in [5.41, 5.74) is -1.68. The number of alkyl halides is 2. The number of ether oxygens (including phenoxy) is 1. The Hall–Kier alpha value is -4.43. The highest BCUT2D eigenvalue weighted by Gasteiger charge is 2.53. The van der Waals surface area contributed by atoms with Gasteiger partial charge in [-0.1, -0.05) is 17.7 Å². The van der Waals surface area contributed by atoms with Gasteiger partial charge in [-0.3, -0.25) is 24.2 Å². The number of nitrogens with zero attached hydrogens (tertiary/aromatic N) is 6. The number of nitrogens with one attached hydrogen (secondary N) is 1. The van der Waals surface area contributed by atoms with E-state index in [1.54, 1.807) is 27.7 Å². The van der Waals surface area contributed by atoms with Crippen LogP contribution in [0.4, 0.5) is 29.1 Å². The van der Waals surface area contributed by atoms with Crippen molar-refractivity contribution in [1.29, 1.82) is 0 Å². The van der Waals surface area contributed by atoms with Gasteiger partial charge in [0.05, 0.1) is 52.7 Å². The Morgan fingerprint density at radius 3 is 2.60 bits per heavy atom. The van der Waals surface area contributed by atoms with Crippen LogP contribution >= 0.6 is 11.6 Å². The molecule has 3 atom stereocenters. The van der Waals surface area contributed by atoms with Gasteiger partial charge in [-0.2, -0.15) is 5.10 Å². The minimum Gasteiger partial charge on any atom is -0.369 e. The second kappa shape index (κ2) is 12.3. The highest BCUT2D eigenvalue weighted by Crippen LogP contribution is 2.47. The number of piperidine rings is 1. The maximum Gasteiger partial charge on any atom is 0.276 e. The van der Waals surface area contributed by atoms with Gasteiger partial charge in [0.2, 0.25) is 5.91 Å². The van der Waals surface area contributed by atoms with Crippen LogP contribution in [0.2, 0.25) is 5.02 Å². The van der Waals surface area contributed by atoms with Gasteiger partial charge in [-0.05, 0) is 57.7 Å². The van der Waals surface area contributed by atoms with Crippen LogP contribution in [0.15, 0.2) is 43.0 Å². The molecular weight excluding hydrogens is 642 g/mol. The molecule has 47 heavy (non-hydrogen) atoms. The summed E-state index contributed by atoms with van der Waals surface area (Å²) in [6.45, 7) is 7.44. The molecule has 4 aromatic rings. The molecular formula is C32H30ClF4N7O3. The molecule has 1 N–H and O–H groups in total. The van der Waals surface area contributed by atoms with Gasteiger partial charge in [0.15, 0.2) is 23.1 Å². The molecule has 2 aliphatic rings. The number of halogens is 5. The van der Waals surface area contributed by atoms with Crippen LogP contribution < -0.4 is 10.2 Å². The Bertz CT molecular complexity index is 1880. The first-order chi connectivity index (χ1) is 22.2. The van der Waals surface area contributed by atoms with Gasteiger partial charge in [-0.15, -0.1) is 0 Å². The number of anilines is 2. The molecule has 2 amide bonds. The minimum absolute atomic E-state index is 0.000484. The normalized spacial score (nSPS) is 18.1. The van der Waals surface area contributed by atoms with Gasteiger partial charge in [-0.25, -0.2) is 27.5 Å². The van der Waals surface area contributed by atoms with Crippen molar-refractivity contribution < 1.29 is 31.9 Å². The highest BCUT2D eigenvalue weighted by molar-refractivity contribution is 6.31. The molecule has 0 unspecified atom stereocenters. The Morgan fingerprint density at radius 2 is 1.94 bits per heavy atom. The maximum atomic E-state index is 15.1. The Balaban J connectivity index is 1.25. The number of benzene rings is 1. The molecule has 6 rings (SSSR count). The first kappa shape index (κ1) is 32.5. The lowest BCUT2D eigenvalue weighted by Crippen LogP contribution is -2.29. The van der Waals surface area contributed by atoms with Crippen LogP contribution in [0.25, 0.3) is 11.3 Å². The third kappa shape index (κ3) is 6.57. The number of carbonyl (C=O) groups excluding carboxylic acids is 2. The molecule has 1 aliphatic heterocycles. The largest absolute Gasteiger partial charge is 0.369 e. The Morgan fingerprint density at radius 1 is 1.17 bits per heavy atom. The van der Waals surface area contributed by atoms with Crippen molar-refractivity contribution in [3.8, 4) is 11.3 Å². The molecule has 0 radical (unpaired) electrons. The molecule has 0 spiro atoms. The first-order valence-corrected chi connectivity index (χ1v) is 15.2. The summed E-state index contributed by atoms with van der Waals surface area (Å²) in [6, 6.07) is 2.79. The lowest BCUT2D eigenvalue weighted by atomic mass is 10.0. The van der Waals surface area contributed by atoms with E-state index in [0.29, 0.717) is 12.1 Å². The number of carbonyl (C=O) groups is 2. The van der Waals surface area contributed by atoms with E-state index in [2.05, 4.69) is 25.4 Å². The summed E-state index contributed by atoms with van der Waals surface area (Å²) in [4.78, 5) is 40.0. The van der Waals surface area contributed by atoms with Crippen molar-refractivity contribution in [3.05, 3.63) is 82.2 Å². The van der Waals surface area contributed by atoms with Crippen molar-refractivity contribution in [2.24, 2.45) is 11.8 Å². The highest BCUT2D eigenvalue weighted by atomic mass is 35.5. The smallest absolute Gasteiger partial charge is 0.276 e. The number of rotatable bonds is 9. The number of fused-ring (bicyclic) bond motifs is 1. The van der Waals surface area contributed by atoms with Crippen LogP contribution in [0.5, 0.6) is 0 Å². The average molecular weight is 672 g/mol. The summed E-state index contributed by atoms with van der Waals surface area (Å²) < 4.78 is 65.0. The average Bonchev–Trinajstić information content (AvgIpc) is 3.52. The van der Waals surface area contributed by atoms with E-state index in [9.17, 15) is 18.4 Å². The summed E-state index contributed by atoms with van der Waals surface area (Å²) in [6.07, 6.45) is 3.20. The molecule has 0 bridgehead atoms. The predicted molar refractivity (Wildman–Crippen MR) is 164 cm³/mol. The molecule has 3 aromatic heterocycles. The summed E-state index contributed by atoms with van der Waals surface area (Å²) in [7, 11) is 0. The van der Waals surface area contributed by atoms with E-state index in [0.717, 1.165) is 24.8 Å². The van der Waals surface area contributed by atoms with E-state index in [-0.39, 0.29) is 52.9 Å². The van der Waals surface area contributed by atoms with Crippen molar-refractivity contribution >= 4 is 34.9 Å². The quantitative estimate of drug-likeness (QED) is 0.196. The molecule has 1 aliphatic carbocycles. The topological polar surface area (TPSA) is 115 Å². The SMILES string of the molecule is C[C@H](c1cnc(N2C[C@H]3C[C@H]3C2=O)c(F)c1)n1cc(NC(=O)c2nc(-c3c(C(F)F)ccc(Cl)c3F)cnc2COC(C)(C)C)cn1. The van der Waals surface area contributed by atoms with Gasteiger partial charge in [0, 0.05) is 36.0 Å². The van der Waals surface area contributed by atoms with Crippen LogP contribution in [0, 0.1) is 23.5 Å². The fourth-order valence-electron chi connectivity index (χ4n) is 5.41. The van der Waals surface area contributed by atoms with Gasteiger partial charge in [0.25, 0.3) is 12.3 Å². The zero-order chi connectivity index (χ0) is 33.8. The summed E-state index contributed by atoms with van der Waals surface area (Å²) in [5, 5.41) is 6.54. The van der Waals surface area contributed by atoms with Gasteiger partial charge < -0.3 is 10.1 Å². The van der Waals surface area contributed by atoms with Crippen molar-refractivity contribution in [2.75, 3.05) is 16.8 Å². The number of hydrogen-bond acceptors (Lipinski definition) is 7. The Kier molecular flexibility index (Phi) is 8.51. The zero-order valence-corrected chi connectivity index (χ0v) is 26.5. The maximum absolute atomic E-state index is 15.1. The van der Waals surface area contributed by atoms with Crippen molar-refractivity contribution in [1.82, 2.24) is 24.7 Å². The Labute approximate surface area is 272 Å². The zero-order valence-electron chi connectivity index (χ0n) is 25.8. The number of amides is 2. The lowest BCUT2D eigenvalue weighted by Gasteiger charge is -2.20. The first-order valence-electron chi connectivity index (χ1n) is 14.8. The number of hydrogen-bond donors (Lipinski definition) is 1. The van der Waals surface area contributed by atoms with Crippen LogP contribution in [0.1, 0.15) is 73.9 Å². The fourth-order valence-corrected chi connectivity index (χ4v) is 5.57. The number of aromatic nitrogens is 5. The van der Waals surface area contributed by atoms with Crippen LogP contribution in [-0.2, 0) is 16.1 Å². The van der Waals surface area contributed by atoms with Gasteiger partial charge in [0.1, 0.15) is 0 Å². The molecule has 2 fully saturated rings. The molecule has 246 valence electrons. The molecule has 1 aromatic carbocycles. The van der Waals surface area contributed by atoms with Crippen LogP contribution in [-0.4, -0.2) is 48.7 Å². The third-order valence-electron chi connectivity index (χ3n) is 8.08. The fraction of sp³-hybridized carbons (Fsp3) is 0.375. The van der Waals surface area contributed by atoms with E-state index in [1.165, 1.54) is 34.2 Å². The van der Waals surface area contributed by atoms with E-state index >= 15 is 8.78 Å². The van der Waals surface area contributed by atoms with Crippen molar-refractivity contribution in [3.63, 3.8) is 0 Å². The minimum atomic E-state index is -3.05. The van der Waals surface area contributed by atoms with E-state index in [4.69, 9.17) is 16.3 Å². The second-order valence-corrected chi connectivity index (χ2v) is 12.9. The molecule has 10 nitrogen and oxygen atoms in total. The van der Waals surface area contributed by atoms with Crippen LogP contribution in [0.3, 0.4) is 0 Å². The second-order valence-electron chi connectivity index (χ2n) is 12.5. The summed E-state index contributed by atoms with van der Waals surface area (Å²) in [5.74, 6) is -2.41. The predicted octanol–water partition coefficient (Wildman–Crippen LogP) is 6.76. The van der Waals surface area contributed by atoms with Gasteiger partial charge >= 0.3 is 0 Å². The van der Waals surface area contributed by atoms with E-state index in [1.807, 2.05) is 0 Å². The molecule has 4 heterocycles. The summed E-state index contributed by atoms with van der Waals surface area (Å²) >= 11 is 5.89. The standard InChI is InChI=1S/C32H30ClF4N7O3/c1-15(16-8-22(34)29(39-9-16)43-12-17-7-20(17)31(43)46)44-13-18(10-40-44)41-30(45)27-24(14-47-32(2,3)4)38-11-23(42-27)25-19(28(36)37)5-6-21(33)26(25)35/h5-6,8-11,13,15,17,20,28H,7,12,14H2,1-4H3,(H,41,45)/t15-,17-,20-/m1/s1. The molecule has 15 heteroatoms. The molecule has 1 saturated heterocycles. The number of pyridine rings is 1. The van der Waals surface area contributed by atoms with E-state index < -0.39 is 51.8 Å².